The first kappa shape index (κ1) is 14.5. The van der Waals surface area contributed by atoms with Gasteiger partial charge in [0.15, 0.2) is 5.84 Å². The third kappa shape index (κ3) is 3.36. The molecule has 0 aliphatic heterocycles. The van der Waals surface area contributed by atoms with Gasteiger partial charge in [-0.3, -0.25) is 4.79 Å². The zero-order valence-electron chi connectivity index (χ0n) is 11.3. The summed E-state index contributed by atoms with van der Waals surface area (Å²) < 4.78 is 12.8. The second kappa shape index (κ2) is 6.04. The highest BCUT2D eigenvalue weighted by Gasteiger charge is 2.09. The van der Waals surface area contributed by atoms with Crippen molar-refractivity contribution in [2.24, 2.45) is 10.9 Å². The minimum absolute atomic E-state index is 0.0488. The molecule has 0 saturated heterocycles. The summed E-state index contributed by atoms with van der Waals surface area (Å²) in [6.45, 7) is 1.82. The quantitative estimate of drug-likeness (QED) is 0.351. The average molecular weight is 287 g/mol. The number of nitrogens with two attached hydrogens (primary N) is 1. The van der Waals surface area contributed by atoms with Gasteiger partial charge in [-0.05, 0) is 42.8 Å². The van der Waals surface area contributed by atoms with Gasteiger partial charge < -0.3 is 16.3 Å². The highest BCUT2D eigenvalue weighted by Crippen LogP contribution is 2.18. The Hall–Kier alpha value is -2.89. The number of benzene rings is 2. The van der Waals surface area contributed by atoms with Crippen LogP contribution in [0.25, 0.3) is 0 Å². The molecule has 0 bridgehead atoms. The second-order valence-corrected chi connectivity index (χ2v) is 4.48. The molecular weight excluding hydrogens is 273 g/mol. The fourth-order valence-electron chi connectivity index (χ4n) is 1.77. The van der Waals surface area contributed by atoms with Crippen molar-refractivity contribution < 1.29 is 14.4 Å². The first-order valence-electron chi connectivity index (χ1n) is 6.16. The second-order valence-electron chi connectivity index (χ2n) is 4.48. The minimum Gasteiger partial charge on any atom is -0.409 e. The van der Waals surface area contributed by atoms with Crippen molar-refractivity contribution in [2.75, 3.05) is 5.32 Å². The molecule has 2 aromatic rings. The van der Waals surface area contributed by atoms with Gasteiger partial charge in [-0.15, -0.1) is 0 Å². The Morgan fingerprint density at radius 2 is 1.81 bits per heavy atom. The molecule has 21 heavy (non-hydrogen) atoms. The van der Waals surface area contributed by atoms with Crippen molar-refractivity contribution in [1.82, 2.24) is 0 Å². The topological polar surface area (TPSA) is 87.7 Å². The maximum atomic E-state index is 12.8. The normalized spacial score (nSPS) is 11.2. The minimum atomic E-state index is -0.406. The van der Waals surface area contributed by atoms with Crippen LogP contribution in [0.3, 0.4) is 0 Å². The van der Waals surface area contributed by atoms with Gasteiger partial charge in [0.05, 0.1) is 0 Å². The molecule has 4 N–H and O–H groups in total. The van der Waals surface area contributed by atoms with Crippen LogP contribution in [0, 0.1) is 12.7 Å². The number of amides is 1. The summed E-state index contributed by atoms with van der Waals surface area (Å²) in [5.41, 5.74) is 7.69. The van der Waals surface area contributed by atoms with E-state index in [1.807, 2.05) is 6.92 Å². The van der Waals surface area contributed by atoms with Crippen molar-refractivity contribution in [3.63, 3.8) is 0 Å². The lowest BCUT2D eigenvalue weighted by Gasteiger charge is -2.10. The predicted octanol–water partition coefficient (Wildman–Crippen LogP) is 2.48. The maximum Gasteiger partial charge on any atom is 0.255 e. The van der Waals surface area contributed by atoms with Gasteiger partial charge in [0.2, 0.25) is 0 Å². The number of hydrogen-bond acceptors (Lipinski definition) is 3. The van der Waals surface area contributed by atoms with Gasteiger partial charge >= 0.3 is 0 Å². The van der Waals surface area contributed by atoms with Gasteiger partial charge in [0, 0.05) is 16.8 Å². The molecule has 0 heterocycles. The molecule has 108 valence electrons. The van der Waals surface area contributed by atoms with Gasteiger partial charge in [0.25, 0.3) is 5.91 Å². The maximum absolute atomic E-state index is 12.8. The molecule has 0 atom stereocenters. The Bertz CT molecular complexity index is 697. The number of halogens is 1. The third-order valence-electron chi connectivity index (χ3n) is 3.00. The number of nitrogens with zero attached hydrogens (tertiary/aromatic N) is 1. The molecule has 0 aliphatic rings. The average Bonchev–Trinajstić information content (AvgIpc) is 2.49. The lowest BCUT2D eigenvalue weighted by Crippen LogP contribution is -2.16. The van der Waals surface area contributed by atoms with Crippen LogP contribution in [0.5, 0.6) is 0 Å². The molecule has 0 radical (unpaired) electrons. The van der Waals surface area contributed by atoms with Crippen LogP contribution in [-0.4, -0.2) is 17.0 Å². The number of rotatable bonds is 3. The van der Waals surface area contributed by atoms with Gasteiger partial charge in [0.1, 0.15) is 5.82 Å². The van der Waals surface area contributed by atoms with Crippen LogP contribution >= 0.6 is 0 Å². The molecule has 6 heteroatoms. The Morgan fingerprint density at radius 3 is 2.43 bits per heavy atom. The van der Waals surface area contributed by atoms with E-state index in [1.165, 1.54) is 24.3 Å². The molecule has 0 spiro atoms. The van der Waals surface area contributed by atoms with Crippen molar-refractivity contribution in [3.8, 4) is 0 Å². The highest BCUT2D eigenvalue weighted by molar-refractivity contribution is 6.05. The summed E-state index contributed by atoms with van der Waals surface area (Å²) in [5, 5.41) is 14.3. The van der Waals surface area contributed by atoms with E-state index < -0.39 is 5.82 Å². The number of nitrogens with one attached hydrogen (secondary N) is 1. The van der Waals surface area contributed by atoms with Gasteiger partial charge in [-0.1, -0.05) is 17.3 Å². The molecule has 0 saturated carbocycles. The Balaban J connectivity index is 2.26. The zero-order valence-corrected chi connectivity index (χ0v) is 11.3. The lowest BCUT2D eigenvalue weighted by molar-refractivity contribution is 0.102. The van der Waals surface area contributed by atoms with E-state index in [9.17, 15) is 9.18 Å². The first-order chi connectivity index (χ1) is 10.0. The number of carbonyl (C=O) groups is 1. The molecule has 2 rings (SSSR count). The summed E-state index contributed by atoms with van der Waals surface area (Å²) in [6, 6.07) is 10.3. The van der Waals surface area contributed by atoms with Crippen LogP contribution in [0.2, 0.25) is 0 Å². The van der Waals surface area contributed by atoms with E-state index in [0.717, 1.165) is 5.56 Å². The number of amidine groups is 1. The van der Waals surface area contributed by atoms with Crippen LogP contribution < -0.4 is 11.1 Å². The third-order valence-corrected chi connectivity index (χ3v) is 3.00. The zero-order chi connectivity index (χ0) is 15.4. The molecule has 0 fully saturated rings. The van der Waals surface area contributed by atoms with E-state index in [4.69, 9.17) is 10.9 Å². The van der Waals surface area contributed by atoms with E-state index >= 15 is 0 Å². The van der Waals surface area contributed by atoms with Crippen molar-refractivity contribution >= 4 is 17.4 Å². The van der Waals surface area contributed by atoms with E-state index in [1.54, 1.807) is 18.2 Å². The van der Waals surface area contributed by atoms with Crippen molar-refractivity contribution in [3.05, 3.63) is 65.0 Å². The summed E-state index contributed by atoms with van der Waals surface area (Å²) in [7, 11) is 0. The van der Waals surface area contributed by atoms with Crippen LogP contribution in [0.15, 0.2) is 47.6 Å². The van der Waals surface area contributed by atoms with E-state index in [2.05, 4.69) is 10.5 Å². The standard InChI is InChI=1S/C15H14FN3O2/c1-9-2-3-11(14(17)19-21)8-13(9)18-15(20)10-4-6-12(16)7-5-10/h2-8,21H,1H3,(H2,17,19)(H,18,20). The summed E-state index contributed by atoms with van der Waals surface area (Å²) in [4.78, 5) is 12.1. The van der Waals surface area contributed by atoms with Crippen LogP contribution in [-0.2, 0) is 0 Å². The van der Waals surface area contributed by atoms with Gasteiger partial charge in [-0.2, -0.15) is 0 Å². The summed E-state index contributed by atoms with van der Waals surface area (Å²) >= 11 is 0. The SMILES string of the molecule is Cc1ccc(C(N)=NO)cc1NC(=O)c1ccc(F)cc1. The summed E-state index contributed by atoms with van der Waals surface area (Å²) in [6.07, 6.45) is 0. The van der Waals surface area contributed by atoms with Crippen LogP contribution in [0.1, 0.15) is 21.5 Å². The van der Waals surface area contributed by atoms with Crippen LogP contribution in [0.4, 0.5) is 10.1 Å². The fraction of sp³-hybridized carbons (Fsp3) is 0.0667. The lowest BCUT2D eigenvalue weighted by atomic mass is 10.1. The molecular formula is C15H14FN3O2. The predicted molar refractivity (Wildman–Crippen MR) is 78.0 cm³/mol. The Kier molecular flexibility index (Phi) is 4.18. The van der Waals surface area contributed by atoms with Crippen molar-refractivity contribution in [2.45, 2.75) is 6.92 Å². The summed E-state index contributed by atoms with van der Waals surface area (Å²) in [5.74, 6) is -0.821. The molecule has 5 nitrogen and oxygen atoms in total. The molecule has 0 unspecified atom stereocenters. The Morgan fingerprint density at radius 1 is 1.19 bits per heavy atom. The van der Waals surface area contributed by atoms with E-state index in [-0.39, 0.29) is 11.7 Å². The van der Waals surface area contributed by atoms with Crippen molar-refractivity contribution in [1.29, 1.82) is 0 Å². The molecule has 2 aromatic carbocycles. The molecule has 0 aromatic heterocycles. The number of oxime groups is 1. The number of hydrogen-bond donors (Lipinski definition) is 3. The molecule has 1 amide bonds. The Labute approximate surface area is 120 Å². The fourth-order valence-corrected chi connectivity index (χ4v) is 1.77. The monoisotopic (exact) mass is 287 g/mol. The largest absolute Gasteiger partial charge is 0.409 e. The highest BCUT2D eigenvalue weighted by atomic mass is 19.1. The number of aryl methyl sites for hydroxylation is 1. The first-order valence-corrected chi connectivity index (χ1v) is 6.16. The van der Waals surface area contributed by atoms with Gasteiger partial charge in [-0.25, -0.2) is 4.39 Å². The molecule has 0 aliphatic carbocycles. The van der Waals surface area contributed by atoms with E-state index in [0.29, 0.717) is 16.8 Å². The number of anilines is 1. The number of carbonyl (C=O) groups excluding carboxylic acids is 1. The smallest absolute Gasteiger partial charge is 0.255 e.